The molecule has 0 radical (unpaired) electrons. The smallest absolute Gasteiger partial charge is 0.350 e. The van der Waals surface area contributed by atoms with Gasteiger partial charge < -0.3 is 14.6 Å². The maximum atomic E-state index is 11.9. The minimum Gasteiger partial charge on any atom is -0.476 e. The molecule has 1 aromatic rings. The molecule has 0 saturated carbocycles. The zero-order valence-electron chi connectivity index (χ0n) is 11.8. The summed E-state index contributed by atoms with van der Waals surface area (Å²) in [6.07, 6.45) is 1.15. The van der Waals surface area contributed by atoms with Crippen molar-refractivity contribution in [2.24, 2.45) is 0 Å². The Balaban J connectivity index is 2.77. The number of benzene rings is 1. The second kappa shape index (κ2) is 7.14. The van der Waals surface area contributed by atoms with Crippen molar-refractivity contribution in [1.82, 2.24) is 0 Å². The number of ether oxygens (including phenoxy) is 2. The Hall–Kier alpha value is -1.55. The number of aliphatic hydroxyl groups excluding tert-OH is 1. The molecular formula is C15H22O4. The standard InChI is InChI=1S/C15H22O4/c1-4-15(3,14(17)18-5-2)19-13-8-6-12(7-9-13)10-11-16/h6-9,16H,4-5,10-11H2,1-3H3. The number of aliphatic hydroxyl groups is 1. The molecule has 1 aromatic carbocycles. The number of hydrogen-bond acceptors (Lipinski definition) is 4. The first kappa shape index (κ1) is 15.5. The molecule has 4 heteroatoms. The minimum absolute atomic E-state index is 0.121. The van der Waals surface area contributed by atoms with Gasteiger partial charge in [-0.1, -0.05) is 19.1 Å². The summed E-state index contributed by atoms with van der Waals surface area (Å²) in [5, 5.41) is 8.85. The molecule has 0 fully saturated rings. The van der Waals surface area contributed by atoms with Gasteiger partial charge in [0, 0.05) is 6.61 Å². The molecule has 1 atom stereocenters. The van der Waals surface area contributed by atoms with Crippen molar-refractivity contribution in [1.29, 1.82) is 0 Å². The zero-order chi connectivity index (χ0) is 14.3. The molecular weight excluding hydrogens is 244 g/mol. The third kappa shape index (κ3) is 4.24. The molecule has 0 saturated heterocycles. The van der Waals surface area contributed by atoms with Crippen molar-refractivity contribution in [3.05, 3.63) is 29.8 Å². The van der Waals surface area contributed by atoms with E-state index in [0.717, 1.165) is 5.56 Å². The molecule has 4 nitrogen and oxygen atoms in total. The van der Waals surface area contributed by atoms with E-state index in [1.165, 1.54) is 0 Å². The fourth-order valence-corrected chi connectivity index (χ4v) is 1.66. The number of rotatable bonds is 7. The van der Waals surface area contributed by atoms with E-state index in [-0.39, 0.29) is 12.6 Å². The highest BCUT2D eigenvalue weighted by atomic mass is 16.6. The maximum absolute atomic E-state index is 11.9. The highest BCUT2D eigenvalue weighted by molar-refractivity contribution is 5.79. The largest absolute Gasteiger partial charge is 0.476 e. The van der Waals surface area contributed by atoms with Crippen molar-refractivity contribution in [2.75, 3.05) is 13.2 Å². The highest BCUT2D eigenvalue weighted by Gasteiger charge is 2.35. The molecule has 19 heavy (non-hydrogen) atoms. The van der Waals surface area contributed by atoms with Crippen LogP contribution in [0.25, 0.3) is 0 Å². The number of carbonyl (C=O) groups excluding carboxylic acids is 1. The van der Waals surface area contributed by atoms with E-state index in [0.29, 0.717) is 25.2 Å². The topological polar surface area (TPSA) is 55.8 Å². The molecule has 0 heterocycles. The molecule has 0 aliphatic carbocycles. The Morgan fingerprint density at radius 1 is 1.26 bits per heavy atom. The summed E-state index contributed by atoms with van der Waals surface area (Å²) in [4.78, 5) is 11.9. The second-order valence-electron chi connectivity index (χ2n) is 4.52. The third-order valence-corrected chi connectivity index (χ3v) is 3.05. The monoisotopic (exact) mass is 266 g/mol. The van der Waals surface area contributed by atoms with Gasteiger partial charge in [-0.05, 0) is 44.4 Å². The maximum Gasteiger partial charge on any atom is 0.350 e. The molecule has 1 rings (SSSR count). The fourth-order valence-electron chi connectivity index (χ4n) is 1.66. The average molecular weight is 266 g/mol. The van der Waals surface area contributed by atoms with Gasteiger partial charge in [-0.15, -0.1) is 0 Å². The van der Waals surface area contributed by atoms with Crippen LogP contribution in [0.2, 0.25) is 0 Å². The summed E-state index contributed by atoms with van der Waals surface area (Å²) in [6.45, 7) is 5.85. The summed E-state index contributed by atoms with van der Waals surface area (Å²) < 4.78 is 10.8. The van der Waals surface area contributed by atoms with Crippen molar-refractivity contribution in [2.45, 2.75) is 39.2 Å². The van der Waals surface area contributed by atoms with Crippen LogP contribution in [0.4, 0.5) is 0 Å². The quantitative estimate of drug-likeness (QED) is 0.770. The van der Waals surface area contributed by atoms with Crippen LogP contribution in [0.1, 0.15) is 32.8 Å². The molecule has 1 N–H and O–H groups in total. The predicted molar refractivity (Wildman–Crippen MR) is 73.2 cm³/mol. The van der Waals surface area contributed by atoms with Crippen LogP contribution < -0.4 is 4.74 Å². The molecule has 0 aliphatic rings. The van der Waals surface area contributed by atoms with Crippen LogP contribution in [-0.2, 0) is 16.0 Å². The SMILES string of the molecule is CCOC(=O)C(C)(CC)Oc1ccc(CCO)cc1. The summed E-state index contributed by atoms with van der Waals surface area (Å²) in [6, 6.07) is 7.37. The summed E-state index contributed by atoms with van der Waals surface area (Å²) >= 11 is 0. The van der Waals surface area contributed by atoms with E-state index in [1.54, 1.807) is 26.0 Å². The van der Waals surface area contributed by atoms with Crippen LogP contribution in [0.5, 0.6) is 5.75 Å². The molecule has 0 spiro atoms. The van der Waals surface area contributed by atoms with Gasteiger partial charge in [0.15, 0.2) is 0 Å². The first-order valence-corrected chi connectivity index (χ1v) is 6.61. The molecule has 0 bridgehead atoms. The number of esters is 1. The van der Waals surface area contributed by atoms with Crippen molar-refractivity contribution < 1.29 is 19.4 Å². The lowest BCUT2D eigenvalue weighted by atomic mass is 10.0. The van der Waals surface area contributed by atoms with Gasteiger partial charge >= 0.3 is 5.97 Å². The van der Waals surface area contributed by atoms with Crippen molar-refractivity contribution >= 4 is 5.97 Å². The van der Waals surface area contributed by atoms with Crippen LogP contribution in [0.3, 0.4) is 0 Å². The lowest BCUT2D eigenvalue weighted by Gasteiger charge is -2.27. The van der Waals surface area contributed by atoms with Crippen LogP contribution in [0, 0.1) is 0 Å². The number of hydrogen-bond donors (Lipinski definition) is 1. The Morgan fingerprint density at radius 3 is 2.37 bits per heavy atom. The third-order valence-electron chi connectivity index (χ3n) is 3.05. The van der Waals surface area contributed by atoms with E-state index in [1.807, 2.05) is 19.1 Å². The molecule has 0 aromatic heterocycles. The summed E-state index contributed by atoms with van der Waals surface area (Å²) in [7, 11) is 0. The van der Waals surface area contributed by atoms with Crippen LogP contribution in [-0.4, -0.2) is 29.9 Å². The fraction of sp³-hybridized carbons (Fsp3) is 0.533. The normalized spacial score (nSPS) is 13.7. The lowest BCUT2D eigenvalue weighted by Crippen LogP contribution is -2.42. The van der Waals surface area contributed by atoms with E-state index < -0.39 is 5.60 Å². The van der Waals surface area contributed by atoms with E-state index in [2.05, 4.69) is 0 Å². The first-order chi connectivity index (χ1) is 9.05. The lowest BCUT2D eigenvalue weighted by molar-refractivity contribution is -0.160. The summed E-state index contributed by atoms with van der Waals surface area (Å²) in [5.41, 5.74) is 0.0679. The average Bonchev–Trinajstić information content (AvgIpc) is 2.41. The Labute approximate surface area is 114 Å². The Morgan fingerprint density at radius 2 is 1.89 bits per heavy atom. The van der Waals surface area contributed by atoms with E-state index >= 15 is 0 Å². The molecule has 0 amide bonds. The minimum atomic E-state index is -0.964. The van der Waals surface area contributed by atoms with E-state index in [4.69, 9.17) is 14.6 Å². The molecule has 1 unspecified atom stereocenters. The van der Waals surface area contributed by atoms with Gasteiger partial charge in [-0.3, -0.25) is 0 Å². The Bertz CT molecular complexity index is 399. The van der Waals surface area contributed by atoms with Gasteiger partial charge in [0.2, 0.25) is 5.60 Å². The van der Waals surface area contributed by atoms with Gasteiger partial charge in [0.05, 0.1) is 6.61 Å². The van der Waals surface area contributed by atoms with Crippen LogP contribution >= 0.6 is 0 Å². The van der Waals surface area contributed by atoms with E-state index in [9.17, 15) is 4.79 Å². The second-order valence-corrected chi connectivity index (χ2v) is 4.52. The summed E-state index contributed by atoms with van der Waals surface area (Å²) in [5.74, 6) is 0.274. The molecule has 0 aliphatic heterocycles. The number of carbonyl (C=O) groups is 1. The van der Waals surface area contributed by atoms with Crippen LogP contribution in [0.15, 0.2) is 24.3 Å². The van der Waals surface area contributed by atoms with Gasteiger partial charge in [-0.2, -0.15) is 0 Å². The van der Waals surface area contributed by atoms with Crippen molar-refractivity contribution in [3.8, 4) is 5.75 Å². The van der Waals surface area contributed by atoms with Gasteiger partial charge in [0.1, 0.15) is 5.75 Å². The van der Waals surface area contributed by atoms with Crippen molar-refractivity contribution in [3.63, 3.8) is 0 Å². The highest BCUT2D eigenvalue weighted by Crippen LogP contribution is 2.23. The van der Waals surface area contributed by atoms with Gasteiger partial charge in [0.25, 0.3) is 0 Å². The first-order valence-electron chi connectivity index (χ1n) is 6.61. The zero-order valence-corrected chi connectivity index (χ0v) is 11.8. The van der Waals surface area contributed by atoms with Gasteiger partial charge in [-0.25, -0.2) is 4.79 Å². The Kier molecular flexibility index (Phi) is 5.83. The molecule has 106 valence electrons. The predicted octanol–water partition coefficient (Wildman–Crippen LogP) is 2.33.